The molecule has 14 heavy (non-hydrogen) atoms. The van der Waals surface area contributed by atoms with E-state index < -0.39 is 0 Å². The summed E-state index contributed by atoms with van der Waals surface area (Å²) in [6.07, 6.45) is 1.98. The fourth-order valence-corrected chi connectivity index (χ4v) is 2.36. The second-order valence-corrected chi connectivity index (χ2v) is 4.19. The maximum absolute atomic E-state index is 3.56. The first kappa shape index (κ1) is 8.06. The van der Waals surface area contributed by atoms with E-state index in [4.69, 9.17) is 0 Å². The van der Waals surface area contributed by atoms with Crippen molar-refractivity contribution in [1.82, 2.24) is 4.98 Å². The van der Waals surface area contributed by atoms with Crippen LogP contribution in [0.5, 0.6) is 0 Å². The molecule has 0 amide bonds. The van der Waals surface area contributed by atoms with E-state index in [9.17, 15) is 0 Å². The van der Waals surface area contributed by atoms with E-state index in [1.54, 1.807) is 0 Å². The van der Waals surface area contributed by atoms with Crippen LogP contribution in [0.4, 0.5) is 0 Å². The van der Waals surface area contributed by atoms with Crippen LogP contribution in [0.25, 0.3) is 21.7 Å². The van der Waals surface area contributed by atoms with Gasteiger partial charge in [0.25, 0.3) is 0 Å². The van der Waals surface area contributed by atoms with Crippen molar-refractivity contribution in [2.75, 3.05) is 0 Å². The Morgan fingerprint density at radius 2 is 1.79 bits per heavy atom. The van der Waals surface area contributed by atoms with E-state index in [1.807, 2.05) is 6.20 Å². The first-order valence-electron chi connectivity index (χ1n) is 4.50. The first-order chi connectivity index (χ1) is 6.86. The standard InChI is InChI=1S/C12H8BrN/c13-11-3-1-2-8-9(11)4-5-12-10(8)6-7-14-12/h1-7,14H. The fraction of sp³-hybridized carbons (Fsp3) is 0. The zero-order valence-electron chi connectivity index (χ0n) is 7.42. The minimum atomic E-state index is 1.15. The van der Waals surface area contributed by atoms with Crippen LogP contribution in [0.2, 0.25) is 0 Å². The molecule has 0 bridgehead atoms. The third kappa shape index (κ3) is 1.01. The fourth-order valence-electron chi connectivity index (χ4n) is 1.86. The highest BCUT2D eigenvalue weighted by Crippen LogP contribution is 2.29. The smallest absolute Gasteiger partial charge is 0.0460 e. The Bertz CT molecular complexity index is 610. The summed E-state index contributed by atoms with van der Waals surface area (Å²) in [6.45, 7) is 0. The van der Waals surface area contributed by atoms with Gasteiger partial charge in [0.2, 0.25) is 0 Å². The van der Waals surface area contributed by atoms with Gasteiger partial charge in [-0.3, -0.25) is 0 Å². The molecule has 0 atom stereocenters. The van der Waals surface area contributed by atoms with Crippen molar-refractivity contribution in [3.05, 3.63) is 47.1 Å². The highest BCUT2D eigenvalue weighted by molar-refractivity contribution is 9.10. The molecule has 1 N–H and O–H groups in total. The Balaban J connectivity index is 2.64. The van der Waals surface area contributed by atoms with Crippen LogP contribution < -0.4 is 0 Å². The van der Waals surface area contributed by atoms with E-state index in [2.05, 4.69) is 57.3 Å². The quantitative estimate of drug-likeness (QED) is 0.615. The Hall–Kier alpha value is -1.28. The Labute approximate surface area is 89.9 Å². The molecular weight excluding hydrogens is 238 g/mol. The Morgan fingerprint density at radius 3 is 2.71 bits per heavy atom. The average molecular weight is 246 g/mol. The largest absolute Gasteiger partial charge is 0.361 e. The predicted octanol–water partition coefficient (Wildman–Crippen LogP) is 4.08. The Morgan fingerprint density at radius 1 is 0.857 bits per heavy atom. The molecule has 0 aliphatic rings. The number of rotatable bonds is 0. The zero-order chi connectivity index (χ0) is 9.54. The summed E-state index contributed by atoms with van der Waals surface area (Å²) in [5, 5.41) is 3.83. The lowest BCUT2D eigenvalue weighted by molar-refractivity contribution is 1.48. The van der Waals surface area contributed by atoms with Gasteiger partial charge in [0.05, 0.1) is 0 Å². The molecule has 0 aliphatic heterocycles. The molecule has 0 aliphatic carbocycles. The van der Waals surface area contributed by atoms with Gasteiger partial charge in [-0.25, -0.2) is 0 Å². The van der Waals surface area contributed by atoms with E-state index in [0.717, 1.165) is 4.47 Å². The normalized spacial score (nSPS) is 11.2. The molecule has 1 aromatic heterocycles. The summed E-state index contributed by atoms with van der Waals surface area (Å²) < 4.78 is 1.15. The van der Waals surface area contributed by atoms with Crippen LogP contribution in [0.15, 0.2) is 47.1 Å². The van der Waals surface area contributed by atoms with Crippen molar-refractivity contribution in [3.8, 4) is 0 Å². The summed E-state index contributed by atoms with van der Waals surface area (Å²) in [5.74, 6) is 0. The summed E-state index contributed by atoms with van der Waals surface area (Å²) in [4.78, 5) is 3.22. The second kappa shape index (κ2) is 2.85. The van der Waals surface area contributed by atoms with Crippen molar-refractivity contribution in [2.24, 2.45) is 0 Å². The van der Waals surface area contributed by atoms with Crippen molar-refractivity contribution in [1.29, 1.82) is 0 Å². The summed E-state index contributed by atoms with van der Waals surface area (Å²) in [7, 11) is 0. The number of nitrogens with one attached hydrogen (secondary N) is 1. The van der Waals surface area contributed by atoms with Crippen LogP contribution in [0, 0.1) is 0 Å². The van der Waals surface area contributed by atoms with Gasteiger partial charge in [-0.1, -0.05) is 34.1 Å². The van der Waals surface area contributed by atoms with E-state index in [1.165, 1.54) is 21.7 Å². The molecule has 1 nitrogen and oxygen atoms in total. The minimum Gasteiger partial charge on any atom is -0.361 e. The molecule has 2 heteroatoms. The van der Waals surface area contributed by atoms with Gasteiger partial charge in [-0.05, 0) is 29.0 Å². The molecular formula is C12H8BrN. The van der Waals surface area contributed by atoms with Gasteiger partial charge in [-0.2, -0.15) is 0 Å². The molecule has 2 aromatic carbocycles. The van der Waals surface area contributed by atoms with Crippen LogP contribution >= 0.6 is 15.9 Å². The SMILES string of the molecule is Brc1cccc2c1ccc1[nH]ccc12. The first-order valence-corrected chi connectivity index (χ1v) is 5.30. The number of aromatic nitrogens is 1. The van der Waals surface area contributed by atoms with E-state index in [-0.39, 0.29) is 0 Å². The number of hydrogen-bond acceptors (Lipinski definition) is 0. The number of halogens is 1. The maximum Gasteiger partial charge on any atom is 0.0460 e. The third-order valence-electron chi connectivity index (χ3n) is 2.54. The van der Waals surface area contributed by atoms with Crippen LogP contribution in [0.3, 0.4) is 0 Å². The molecule has 0 unspecified atom stereocenters. The molecule has 3 rings (SSSR count). The van der Waals surface area contributed by atoms with Gasteiger partial charge in [0.1, 0.15) is 0 Å². The van der Waals surface area contributed by atoms with Crippen LogP contribution in [0.1, 0.15) is 0 Å². The van der Waals surface area contributed by atoms with Crippen molar-refractivity contribution >= 4 is 37.6 Å². The molecule has 3 aromatic rings. The van der Waals surface area contributed by atoms with Gasteiger partial charge < -0.3 is 4.98 Å². The molecule has 1 heterocycles. The van der Waals surface area contributed by atoms with Gasteiger partial charge in [0, 0.05) is 21.6 Å². The monoisotopic (exact) mass is 245 g/mol. The molecule has 0 spiro atoms. The van der Waals surface area contributed by atoms with E-state index in [0.29, 0.717) is 0 Å². The highest BCUT2D eigenvalue weighted by atomic mass is 79.9. The van der Waals surface area contributed by atoms with Crippen LogP contribution in [-0.4, -0.2) is 4.98 Å². The van der Waals surface area contributed by atoms with Crippen molar-refractivity contribution in [2.45, 2.75) is 0 Å². The van der Waals surface area contributed by atoms with Crippen molar-refractivity contribution in [3.63, 3.8) is 0 Å². The van der Waals surface area contributed by atoms with Crippen molar-refractivity contribution < 1.29 is 0 Å². The number of hydrogen-bond donors (Lipinski definition) is 1. The molecule has 68 valence electrons. The zero-order valence-corrected chi connectivity index (χ0v) is 9.01. The molecule has 0 radical (unpaired) electrons. The predicted molar refractivity (Wildman–Crippen MR) is 63.5 cm³/mol. The maximum atomic E-state index is 3.56. The Kier molecular flexibility index (Phi) is 1.64. The highest BCUT2D eigenvalue weighted by Gasteiger charge is 2.02. The average Bonchev–Trinajstić information content (AvgIpc) is 2.66. The molecule has 0 fully saturated rings. The number of fused-ring (bicyclic) bond motifs is 3. The lowest BCUT2D eigenvalue weighted by Crippen LogP contribution is -1.75. The number of aromatic amines is 1. The number of benzene rings is 2. The lowest BCUT2D eigenvalue weighted by atomic mass is 10.1. The topological polar surface area (TPSA) is 15.8 Å². The van der Waals surface area contributed by atoms with E-state index >= 15 is 0 Å². The number of H-pyrrole nitrogens is 1. The van der Waals surface area contributed by atoms with Gasteiger partial charge in [0.15, 0.2) is 0 Å². The second-order valence-electron chi connectivity index (χ2n) is 3.34. The lowest BCUT2D eigenvalue weighted by Gasteiger charge is -2.01. The minimum absolute atomic E-state index is 1.15. The summed E-state index contributed by atoms with van der Waals surface area (Å²) in [6, 6.07) is 12.7. The van der Waals surface area contributed by atoms with Crippen LogP contribution in [-0.2, 0) is 0 Å². The molecule has 0 saturated heterocycles. The molecule has 0 saturated carbocycles. The summed E-state index contributed by atoms with van der Waals surface area (Å²) in [5.41, 5.74) is 1.19. The van der Waals surface area contributed by atoms with Gasteiger partial charge in [-0.15, -0.1) is 0 Å². The van der Waals surface area contributed by atoms with Gasteiger partial charge >= 0.3 is 0 Å². The third-order valence-corrected chi connectivity index (χ3v) is 3.23. The summed E-state index contributed by atoms with van der Waals surface area (Å²) >= 11 is 3.56.